The van der Waals surface area contributed by atoms with Crippen LogP contribution in [0.2, 0.25) is 10.0 Å². The number of carbonyl (C=O) groups is 1. The molecule has 2 heterocycles. The number of fused-ring (bicyclic) bond motifs is 1. The Bertz CT molecular complexity index is 1260. The van der Waals surface area contributed by atoms with Gasteiger partial charge in [0.25, 0.3) is 5.91 Å². The number of hydrogen-bond acceptors (Lipinski definition) is 5. The number of methoxy groups -OCH3 is 2. The molecule has 2 aromatic heterocycles. The zero-order valence-electron chi connectivity index (χ0n) is 16.0. The number of nitrogens with zero attached hydrogens (tertiary/aromatic N) is 3. The number of aromatic nitrogens is 3. The third-order valence-corrected chi connectivity index (χ3v) is 4.99. The number of carbonyl (C=O) groups excluding carboxylic acids is 1. The quantitative estimate of drug-likeness (QED) is 0.471. The summed E-state index contributed by atoms with van der Waals surface area (Å²) < 4.78 is 12.0. The molecule has 0 aliphatic rings. The Kier molecular flexibility index (Phi) is 5.48. The van der Waals surface area contributed by atoms with Gasteiger partial charge < -0.3 is 14.8 Å². The highest BCUT2D eigenvalue weighted by Gasteiger charge is 2.16. The number of imidazole rings is 1. The topological polar surface area (TPSA) is 77.8 Å². The van der Waals surface area contributed by atoms with Gasteiger partial charge in [0.15, 0.2) is 5.65 Å². The van der Waals surface area contributed by atoms with E-state index in [0.29, 0.717) is 44.3 Å². The molecule has 0 bridgehead atoms. The molecular weight excluding hydrogens is 427 g/mol. The fourth-order valence-electron chi connectivity index (χ4n) is 2.94. The van der Waals surface area contributed by atoms with Crippen LogP contribution in [0.4, 0.5) is 5.69 Å². The van der Waals surface area contributed by atoms with Crippen LogP contribution < -0.4 is 14.8 Å². The summed E-state index contributed by atoms with van der Waals surface area (Å²) in [6, 6.07) is 13.6. The number of anilines is 1. The van der Waals surface area contributed by atoms with E-state index in [0.717, 1.165) is 5.56 Å². The fraction of sp³-hybridized carbons (Fsp3) is 0.0952. The minimum atomic E-state index is -0.394. The molecule has 4 aromatic rings. The van der Waals surface area contributed by atoms with E-state index in [9.17, 15) is 4.79 Å². The highest BCUT2D eigenvalue weighted by molar-refractivity contribution is 6.34. The molecule has 2 aromatic carbocycles. The summed E-state index contributed by atoms with van der Waals surface area (Å²) >= 11 is 12.3. The number of rotatable bonds is 5. The van der Waals surface area contributed by atoms with E-state index in [-0.39, 0.29) is 0 Å². The van der Waals surface area contributed by atoms with Crippen molar-refractivity contribution in [1.82, 2.24) is 14.6 Å². The van der Waals surface area contributed by atoms with Crippen LogP contribution in [0.3, 0.4) is 0 Å². The van der Waals surface area contributed by atoms with Gasteiger partial charge in [-0.25, -0.2) is 9.50 Å². The second-order valence-electron chi connectivity index (χ2n) is 6.30. The molecule has 0 atom stereocenters. The zero-order chi connectivity index (χ0) is 21.3. The molecular formula is C21H16Cl2N4O3. The molecule has 30 heavy (non-hydrogen) atoms. The zero-order valence-corrected chi connectivity index (χ0v) is 17.5. The molecule has 0 radical (unpaired) electrons. The van der Waals surface area contributed by atoms with Crippen LogP contribution in [0, 0.1) is 0 Å². The smallest absolute Gasteiger partial charge is 0.259 e. The fourth-order valence-corrected chi connectivity index (χ4v) is 3.28. The van der Waals surface area contributed by atoms with E-state index in [4.69, 9.17) is 32.7 Å². The molecule has 7 nitrogen and oxygen atoms in total. The minimum absolute atomic E-state index is 0.301. The van der Waals surface area contributed by atoms with Crippen molar-refractivity contribution in [2.24, 2.45) is 0 Å². The van der Waals surface area contributed by atoms with E-state index in [2.05, 4.69) is 15.4 Å². The lowest BCUT2D eigenvalue weighted by Crippen LogP contribution is -2.13. The predicted octanol–water partition coefficient (Wildman–Crippen LogP) is 4.97. The third-order valence-electron chi connectivity index (χ3n) is 4.42. The van der Waals surface area contributed by atoms with Gasteiger partial charge in [0.2, 0.25) is 5.88 Å². The van der Waals surface area contributed by atoms with Crippen molar-refractivity contribution in [2.45, 2.75) is 0 Å². The van der Waals surface area contributed by atoms with Gasteiger partial charge in [-0.2, -0.15) is 0 Å². The van der Waals surface area contributed by atoms with Crippen LogP contribution in [0.5, 0.6) is 11.6 Å². The monoisotopic (exact) mass is 442 g/mol. The number of amides is 1. The molecule has 1 amide bonds. The van der Waals surface area contributed by atoms with Crippen molar-refractivity contribution in [3.63, 3.8) is 0 Å². The Morgan fingerprint density at radius 1 is 1.03 bits per heavy atom. The van der Waals surface area contributed by atoms with E-state index in [1.165, 1.54) is 13.2 Å². The van der Waals surface area contributed by atoms with Gasteiger partial charge in [-0.1, -0.05) is 29.3 Å². The van der Waals surface area contributed by atoms with Crippen molar-refractivity contribution in [2.75, 3.05) is 19.5 Å². The number of ether oxygens (including phenoxy) is 2. The molecule has 0 fully saturated rings. The lowest BCUT2D eigenvalue weighted by atomic mass is 10.1. The van der Waals surface area contributed by atoms with Crippen LogP contribution in [0.15, 0.2) is 54.7 Å². The normalized spacial score (nSPS) is 10.8. The van der Waals surface area contributed by atoms with Gasteiger partial charge in [0.1, 0.15) is 5.75 Å². The van der Waals surface area contributed by atoms with Gasteiger partial charge in [0.05, 0.1) is 42.4 Å². The predicted molar refractivity (Wildman–Crippen MR) is 116 cm³/mol. The van der Waals surface area contributed by atoms with Gasteiger partial charge in [-0.3, -0.25) is 4.79 Å². The first-order chi connectivity index (χ1) is 14.5. The second-order valence-corrected chi connectivity index (χ2v) is 7.14. The minimum Gasteiger partial charge on any atom is -0.496 e. The van der Waals surface area contributed by atoms with Crippen molar-refractivity contribution in [1.29, 1.82) is 0 Å². The highest BCUT2D eigenvalue weighted by atomic mass is 35.5. The number of nitrogens with one attached hydrogen (secondary N) is 1. The van der Waals surface area contributed by atoms with Gasteiger partial charge in [-0.05, 0) is 36.4 Å². The van der Waals surface area contributed by atoms with E-state index >= 15 is 0 Å². The Balaban J connectivity index is 1.67. The van der Waals surface area contributed by atoms with Crippen LogP contribution in [-0.4, -0.2) is 34.7 Å². The molecule has 1 N–H and O–H groups in total. The van der Waals surface area contributed by atoms with Gasteiger partial charge in [0, 0.05) is 16.7 Å². The van der Waals surface area contributed by atoms with Crippen molar-refractivity contribution in [3.05, 3.63) is 70.3 Å². The van der Waals surface area contributed by atoms with Crippen molar-refractivity contribution >= 4 is 40.4 Å². The molecule has 0 aliphatic heterocycles. The first-order valence-corrected chi connectivity index (χ1v) is 9.59. The van der Waals surface area contributed by atoms with Gasteiger partial charge in [-0.15, -0.1) is 5.10 Å². The summed E-state index contributed by atoms with van der Waals surface area (Å²) in [7, 11) is 3.04. The Hall–Kier alpha value is -3.29. The first kappa shape index (κ1) is 20.0. The first-order valence-electron chi connectivity index (χ1n) is 8.83. The summed E-state index contributed by atoms with van der Waals surface area (Å²) in [6.45, 7) is 0. The molecule has 0 saturated heterocycles. The van der Waals surface area contributed by atoms with E-state index < -0.39 is 5.91 Å². The highest BCUT2D eigenvalue weighted by Crippen LogP contribution is 2.30. The standard InChI is InChI=1S/C21H16Cl2N4O3/c1-29-18-6-4-13(22)10-14(18)21(28)25-16-9-12(3-5-15(16)23)17-11-27-19(24-17)7-8-20(26-27)30-2/h3-11H,1-2H3,(H,25,28). The largest absolute Gasteiger partial charge is 0.496 e. The number of hydrogen-bond donors (Lipinski definition) is 1. The SMILES string of the molecule is COc1ccc2nc(-c3ccc(Cl)c(NC(=O)c4cc(Cl)ccc4OC)c3)cn2n1. The average Bonchev–Trinajstić information content (AvgIpc) is 3.18. The lowest BCUT2D eigenvalue weighted by Gasteiger charge is -2.11. The Morgan fingerprint density at radius 2 is 1.87 bits per heavy atom. The van der Waals surface area contributed by atoms with Crippen LogP contribution in [0.1, 0.15) is 10.4 Å². The summed E-state index contributed by atoms with van der Waals surface area (Å²) in [6.07, 6.45) is 1.77. The van der Waals surface area contributed by atoms with Gasteiger partial charge >= 0.3 is 0 Å². The van der Waals surface area contributed by atoms with E-state index in [1.54, 1.807) is 54.2 Å². The maximum Gasteiger partial charge on any atom is 0.259 e. The van der Waals surface area contributed by atoms with Crippen LogP contribution >= 0.6 is 23.2 Å². The lowest BCUT2D eigenvalue weighted by molar-refractivity contribution is 0.102. The summed E-state index contributed by atoms with van der Waals surface area (Å²) in [4.78, 5) is 17.4. The van der Waals surface area contributed by atoms with E-state index in [1.807, 2.05) is 6.07 Å². The molecule has 4 rings (SSSR count). The average molecular weight is 443 g/mol. The number of benzene rings is 2. The Labute approximate surface area is 182 Å². The summed E-state index contributed by atoms with van der Waals surface area (Å²) in [5, 5.41) is 7.93. The molecule has 0 saturated carbocycles. The third kappa shape index (κ3) is 3.90. The molecule has 9 heteroatoms. The maximum atomic E-state index is 12.8. The van der Waals surface area contributed by atoms with Crippen molar-refractivity contribution in [3.8, 4) is 22.9 Å². The molecule has 0 aliphatic carbocycles. The molecule has 0 spiro atoms. The summed E-state index contributed by atoms with van der Waals surface area (Å²) in [5.41, 5.74) is 2.83. The molecule has 152 valence electrons. The molecule has 0 unspecified atom stereocenters. The maximum absolute atomic E-state index is 12.8. The van der Waals surface area contributed by atoms with Crippen LogP contribution in [0.25, 0.3) is 16.9 Å². The second kappa shape index (κ2) is 8.22. The van der Waals surface area contributed by atoms with Crippen molar-refractivity contribution < 1.29 is 14.3 Å². The summed E-state index contributed by atoms with van der Waals surface area (Å²) in [5.74, 6) is 0.491. The number of halogens is 2. The Morgan fingerprint density at radius 3 is 2.63 bits per heavy atom. The van der Waals surface area contributed by atoms with Crippen LogP contribution in [-0.2, 0) is 0 Å².